The van der Waals surface area contributed by atoms with Crippen LogP contribution < -0.4 is 0 Å². The molecule has 5 heteroatoms. The zero-order valence-corrected chi connectivity index (χ0v) is 15.2. The Morgan fingerprint density at radius 2 is 1.44 bits per heavy atom. The number of rotatable bonds is 7. The number of hydrogen-bond donors (Lipinski definition) is 0. The van der Waals surface area contributed by atoms with E-state index in [0.717, 1.165) is 11.3 Å². The summed E-state index contributed by atoms with van der Waals surface area (Å²) in [6.07, 6.45) is 0. The van der Waals surface area contributed by atoms with Gasteiger partial charge in [0.25, 0.3) is 0 Å². The van der Waals surface area contributed by atoms with E-state index < -0.39 is 11.8 Å². The molecule has 3 nitrogen and oxygen atoms in total. The first kappa shape index (κ1) is 18.9. The molecule has 0 aliphatic rings. The van der Waals surface area contributed by atoms with Crippen molar-refractivity contribution < 1.29 is 18.7 Å². The molecular weight excluding hydrogens is 363 g/mol. The third kappa shape index (κ3) is 5.53. The standard InChI is InChI=1S/C22H17FO3S/c23-19-12-10-17(11-13-19)21(24)14-26-22(25)18-8-6-16(7-9-18)15-27-20-4-2-1-3-5-20/h1-13H,14-15H2. The molecule has 0 aliphatic carbocycles. The van der Waals surface area contributed by atoms with E-state index >= 15 is 0 Å². The second-order valence-corrected chi connectivity index (χ2v) is 6.85. The van der Waals surface area contributed by atoms with Gasteiger partial charge in [-0.3, -0.25) is 4.79 Å². The fraction of sp³-hybridized carbons (Fsp3) is 0.0909. The molecule has 0 radical (unpaired) electrons. The molecule has 0 amide bonds. The summed E-state index contributed by atoms with van der Waals surface area (Å²) in [5.41, 5.74) is 1.77. The van der Waals surface area contributed by atoms with E-state index in [-0.39, 0.29) is 12.4 Å². The van der Waals surface area contributed by atoms with Crippen molar-refractivity contribution in [1.82, 2.24) is 0 Å². The number of halogens is 1. The molecule has 0 aromatic heterocycles. The molecule has 0 bridgehead atoms. The summed E-state index contributed by atoms with van der Waals surface area (Å²) in [6.45, 7) is -0.379. The van der Waals surface area contributed by atoms with Gasteiger partial charge in [-0.15, -0.1) is 11.8 Å². The Morgan fingerprint density at radius 3 is 2.11 bits per heavy atom. The van der Waals surface area contributed by atoms with E-state index in [2.05, 4.69) is 12.1 Å². The van der Waals surface area contributed by atoms with Crippen molar-refractivity contribution in [3.8, 4) is 0 Å². The van der Waals surface area contributed by atoms with E-state index in [1.54, 1.807) is 23.9 Å². The van der Waals surface area contributed by atoms with E-state index in [0.29, 0.717) is 11.1 Å². The smallest absolute Gasteiger partial charge is 0.338 e. The predicted molar refractivity (Wildman–Crippen MR) is 103 cm³/mol. The monoisotopic (exact) mass is 380 g/mol. The van der Waals surface area contributed by atoms with Crippen molar-refractivity contribution in [1.29, 1.82) is 0 Å². The maximum atomic E-state index is 12.9. The Balaban J connectivity index is 1.51. The second kappa shape index (κ2) is 9.14. The molecule has 0 heterocycles. The van der Waals surface area contributed by atoms with Gasteiger partial charge in [0.2, 0.25) is 0 Å². The number of thioether (sulfide) groups is 1. The summed E-state index contributed by atoms with van der Waals surface area (Å²) >= 11 is 1.71. The van der Waals surface area contributed by atoms with Gasteiger partial charge in [0.15, 0.2) is 12.4 Å². The molecule has 3 rings (SSSR count). The normalized spacial score (nSPS) is 10.4. The number of hydrogen-bond acceptors (Lipinski definition) is 4. The first-order valence-electron chi connectivity index (χ1n) is 8.34. The van der Waals surface area contributed by atoms with Gasteiger partial charge in [0, 0.05) is 16.2 Å². The van der Waals surface area contributed by atoms with Crippen LogP contribution in [-0.2, 0) is 10.5 Å². The summed E-state index contributed by atoms with van der Waals surface area (Å²) in [7, 11) is 0. The molecule has 3 aromatic carbocycles. The van der Waals surface area contributed by atoms with E-state index in [9.17, 15) is 14.0 Å². The van der Waals surface area contributed by atoms with Crippen LogP contribution in [0.25, 0.3) is 0 Å². The zero-order chi connectivity index (χ0) is 19.1. The Bertz CT molecular complexity index is 907. The molecular formula is C22H17FO3S. The van der Waals surface area contributed by atoms with Gasteiger partial charge in [0.1, 0.15) is 5.82 Å². The predicted octanol–water partition coefficient (Wildman–Crippen LogP) is 5.16. The summed E-state index contributed by atoms with van der Waals surface area (Å²) in [5.74, 6) is -0.566. The van der Waals surface area contributed by atoms with Crippen molar-refractivity contribution in [3.63, 3.8) is 0 Å². The molecule has 136 valence electrons. The fourth-order valence-corrected chi connectivity index (χ4v) is 3.23. The maximum Gasteiger partial charge on any atom is 0.338 e. The fourth-order valence-electron chi connectivity index (χ4n) is 2.35. The van der Waals surface area contributed by atoms with Gasteiger partial charge in [-0.2, -0.15) is 0 Å². The summed E-state index contributed by atoms with van der Waals surface area (Å²) in [6, 6.07) is 22.3. The molecule has 0 fully saturated rings. The lowest BCUT2D eigenvalue weighted by Gasteiger charge is -2.06. The number of esters is 1. The number of Topliss-reactive ketones (excluding diaryl/α,β-unsaturated/α-hetero) is 1. The van der Waals surface area contributed by atoms with Gasteiger partial charge < -0.3 is 4.74 Å². The molecule has 0 spiro atoms. The quantitative estimate of drug-likeness (QED) is 0.323. The van der Waals surface area contributed by atoms with Crippen LogP contribution in [-0.4, -0.2) is 18.4 Å². The Labute approximate surface area is 161 Å². The molecule has 0 saturated heterocycles. The minimum absolute atomic E-state index is 0.303. The van der Waals surface area contributed by atoms with Crippen LogP contribution in [0, 0.1) is 5.82 Å². The number of carbonyl (C=O) groups is 2. The number of ether oxygens (including phenoxy) is 1. The van der Waals surface area contributed by atoms with Crippen molar-refractivity contribution >= 4 is 23.5 Å². The topological polar surface area (TPSA) is 43.4 Å². The molecule has 3 aromatic rings. The van der Waals surface area contributed by atoms with Gasteiger partial charge in [-0.1, -0.05) is 30.3 Å². The van der Waals surface area contributed by atoms with Crippen LogP contribution in [0.5, 0.6) is 0 Å². The molecule has 27 heavy (non-hydrogen) atoms. The molecule has 0 unspecified atom stereocenters. The third-order valence-electron chi connectivity index (χ3n) is 3.84. The SMILES string of the molecule is O=C(COC(=O)c1ccc(CSc2ccccc2)cc1)c1ccc(F)cc1. The van der Waals surface area contributed by atoms with E-state index in [1.165, 1.54) is 29.2 Å². The van der Waals surface area contributed by atoms with Crippen molar-refractivity contribution in [3.05, 3.63) is 101 Å². The van der Waals surface area contributed by atoms with Crippen molar-refractivity contribution in [2.24, 2.45) is 0 Å². The maximum absolute atomic E-state index is 12.9. The minimum Gasteiger partial charge on any atom is -0.454 e. The molecule has 0 N–H and O–H groups in total. The van der Waals surface area contributed by atoms with Crippen molar-refractivity contribution in [2.75, 3.05) is 6.61 Å². The Kier molecular flexibility index (Phi) is 6.39. The lowest BCUT2D eigenvalue weighted by Crippen LogP contribution is -2.14. The minimum atomic E-state index is -0.562. The second-order valence-electron chi connectivity index (χ2n) is 5.80. The average Bonchev–Trinajstić information content (AvgIpc) is 2.72. The third-order valence-corrected chi connectivity index (χ3v) is 4.92. The lowest BCUT2D eigenvalue weighted by atomic mass is 10.1. The van der Waals surface area contributed by atoms with Crippen LogP contribution in [0.15, 0.2) is 83.8 Å². The summed E-state index contributed by atoms with van der Waals surface area (Å²) in [5, 5.41) is 0. The number of benzene rings is 3. The van der Waals surface area contributed by atoms with Crippen LogP contribution in [0.2, 0.25) is 0 Å². The zero-order valence-electron chi connectivity index (χ0n) is 14.4. The Morgan fingerprint density at radius 1 is 0.815 bits per heavy atom. The highest BCUT2D eigenvalue weighted by molar-refractivity contribution is 7.98. The highest BCUT2D eigenvalue weighted by Crippen LogP contribution is 2.22. The number of ketones is 1. The summed E-state index contributed by atoms with van der Waals surface area (Å²) in [4.78, 5) is 25.2. The Hall–Kier alpha value is -2.92. The molecule has 0 aliphatic heterocycles. The van der Waals surface area contributed by atoms with E-state index in [4.69, 9.17) is 4.74 Å². The lowest BCUT2D eigenvalue weighted by molar-refractivity contribution is 0.0474. The molecule has 0 saturated carbocycles. The van der Waals surface area contributed by atoms with Crippen LogP contribution >= 0.6 is 11.8 Å². The van der Waals surface area contributed by atoms with Gasteiger partial charge in [-0.25, -0.2) is 9.18 Å². The van der Waals surface area contributed by atoms with Gasteiger partial charge >= 0.3 is 5.97 Å². The first-order chi connectivity index (χ1) is 13.1. The number of carbonyl (C=O) groups excluding carboxylic acids is 2. The highest BCUT2D eigenvalue weighted by Gasteiger charge is 2.12. The van der Waals surface area contributed by atoms with Crippen LogP contribution in [0.4, 0.5) is 4.39 Å². The first-order valence-corrected chi connectivity index (χ1v) is 9.33. The summed E-state index contributed by atoms with van der Waals surface area (Å²) < 4.78 is 17.9. The van der Waals surface area contributed by atoms with Crippen LogP contribution in [0.3, 0.4) is 0 Å². The van der Waals surface area contributed by atoms with Crippen LogP contribution in [0.1, 0.15) is 26.3 Å². The molecule has 0 atom stereocenters. The van der Waals surface area contributed by atoms with Crippen molar-refractivity contribution in [2.45, 2.75) is 10.6 Å². The largest absolute Gasteiger partial charge is 0.454 e. The van der Waals surface area contributed by atoms with Gasteiger partial charge in [-0.05, 0) is 54.1 Å². The van der Waals surface area contributed by atoms with Gasteiger partial charge in [0.05, 0.1) is 5.56 Å². The van der Waals surface area contributed by atoms with E-state index in [1.807, 2.05) is 30.3 Å². The average molecular weight is 380 g/mol. The highest BCUT2D eigenvalue weighted by atomic mass is 32.2.